The molecule has 2 aliphatic rings. The highest BCUT2D eigenvalue weighted by atomic mass is 32.2. The number of nitrogens with zero attached hydrogens (tertiary/aromatic N) is 1. The van der Waals surface area contributed by atoms with E-state index in [0.29, 0.717) is 17.9 Å². The zero-order valence-electron chi connectivity index (χ0n) is 16.5. The summed E-state index contributed by atoms with van der Waals surface area (Å²) in [4.78, 5) is 13.2. The number of sulfonamides is 1. The molecule has 5 heteroatoms. The van der Waals surface area contributed by atoms with Gasteiger partial charge in [0.15, 0.2) is 0 Å². The Bertz CT molecular complexity index is 795. The molecule has 1 heterocycles. The number of allylic oxidation sites excluding steroid dienone is 2. The molecule has 1 aromatic rings. The molecule has 4 nitrogen and oxygen atoms in total. The highest BCUT2D eigenvalue weighted by Gasteiger charge is 2.41. The smallest absolute Gasteiger partial charge is 0.264 e. The van der Waals surface area contributed by atoms with Crippen LogP contribution in [-0.2, 0) is 14.8 Å². The SMILES string of the molecule is CCCCC/C=C1\C2CCCC(CCN1S(=O)(=O)c1ccc(C)cc1)C2=O. The van der Waals surface area contributed by atoms with Gasteiger partial charge in [0, 0.05) is 18.2 Å². The summed E-state index contributed by atoms with van der Waals surface area (Å²) in [6.07, 6.45) is 9.46. The van der Waals surface area contributed by atoms with Crippen molar-refractivity contribution in [2.24, 2.45) is 11.8 Å². The maximum absolute atomic E-state index is 13.4. The lowest BCUT2D eigenvalue weighted by Crippen LogP contribution is -2.35. The predicted octanol–water partition coefficient (Wildman–Crippen LogP) is 4.84. The zero-order chi connectivity index (χ0) is 19.4. The van der Waals surface area contributed by atoms with Crippen molar-refractivity contribution in [1.29, 1.82) is 0 Å². The summed E-state index contributed by atoms with van der Waals surface area (Å²) in [6, 6.07) is 7.02. The van der Waals surface area contributed by atoms with Gasteiger partial charge in [0.05, 0.1) is 10.8 Å². The molecule has 1 aliphatic heterocycles. The van der Waals surface area contributed by atoms with Gasteiger partial charge in [-0.1, -0.05) is 50.0 Å². The van der Waals surface area contributed by atoms with Crippen LogP contribution in [0.5, 0.6) is 0 Å². The zero-order valence-corrected chi connectivity index (χ0v) is 17.3. The molecule has 3 rings (SSSR count). The van der Waals surface area contributed by atoms with Crippen LogP contribution in [0.15, 0.2) is 40.9 Å². The lowest BCUT2D eigenvalue weighted by atomic mass is 9.78. The van der Waals surface area contributed by atoms with E-state index >= 15 is 0 Å². The number of ketones is 1. The number of benzene rings is 1. The molecule has 0 radical (unpaired) electrons. The Morgan fingerprint density at radius 1 is 1.11 bits per heavy atom. The Labute approximate surface area is 163 Å². The number of hydrogen-bond acceptors (Lipinski definition) is 3. The van der Waals surface area contributed by atoms with E-state index in [4.69, 9.17) is 0 Å². The van der Waals surface area contributed by atoms with Gasteiger partial charge < -0.3 is 0 Å². The summed E-state index contributed by atoms with van der Waals surface area (Å²) >= 11 is 0. The molecular weight excluding hydrogens is 358 g/mol. The van der Waals surface area contributed by atoms with Crippen LogP contribution in [0.3, 0.4) is 0 Å². The van der Waals surface area contributed by atoms with E-state index in [2.05, 4.69) is 6.92 Å². The lowest BCUT2D eigenvalue weighted by molar-refractivity contribution is -0.127. The Morgan fingerprint density at radius 2 is 1.85 bits per heavy atom. The standard InChI is InChI=1S/C22H31NO3S/c1-3-4-5-6-10-21-20-9-7-8-18(22(20)24)15-16-23(21)27(25,26)19-13-11-17(2)12-14-19/h10-14,18,20H,3-9,15-16H2,1-2H3/b21-10+. The van der Waals surface area contributed by atoms with Crippen LogP contribution in [0.2, 0.25) is 0 Å². The minimum Gasteiger partial charge on any atom is -0.299 e. The average molecular weight is 390 g/mol. The molecule has 148 valence electrons. The predicted molar refractivity (Wildman–Crippen MR) is 108 cm³/mol. The Kier molecular flexibility index (Phi) is 6.40. The van der Waals surface area contributed by atoms with Gasteiger partial charge in [-0.15, -0.1) is 0 Å². The van der Waals surface area contributed by atoms with E-state index in [0.717, 1.165) is 56.2 Å². The first-order valence-electron chi connectivity index (χ1n) is 10.3. The maximum Gasteiger partial charge on any atom is 0.264 e. The van der Waals surface area contributed by atoms with E-state index in [-0.39, 0.29) is 17.6 Å². The third-order valence-corrected chi connectivity index (χ3v) is 7.73. The van der Waals surface area contributed by atoms with E-state index in [1.54, 1.807) is 16.4 Å². The fourth-order valence-electron chi connectivity index (χ4n) is 4.28. The van der Waals surface area contributed by atoms with Crippen molar-refractivity contribution in [3.63, 3.8) is 0 Å². The van der Waals surface area contributed by atoms with Crippen LogP contribution >= 0.6 is 0 Å². The van der Waals surface area contributed by atoms with Crippen molar-refractivity contribution in [2.45, 2.75) is 70.1 Å². The number of hydrogen-bond donors (Lipinski definition) is 0. The number of rotatable bonds is 6. The van der Waals surface area contributed by atoms with Crippen LogP contribution in [0.4, 0.5) is 0 Å². The average Bonchev–Trinajstić information content (AvgIpc) is 2.72. The van der Waals surface area contributed by atoms with E-state index in [1.807, 2.05) is 25.1 Å². The molecule has 2 bridgehead atoms. The van der Waals surface area contributed by atoms with Gasteiger partial charge in [-0.3, -0.25) is 9.10 Å². The molecular formula is C22H31NO3S. The number of unbranched alkanes of at least 4 members (excludes halogenated alkanes) is 3. The number of fused-ring (bicyclic) bond motifs is 2. The molecule has 0 amide bonds. The van der Waals surface area contributed by atoms with Crippen molar-refractivity contribution < 1.29 is 13.2 Å². The first-order chi connectivity index (χ1) is 12.9. The third-order valence-electron chi connectivity index (χ3n) is 5.89. The van der Waals surface area contributed by atoms with Crippen molar-refractivity contribution in [2.75, 3.05) is 6.54 Å². The lowest BCUT2D eigenvalue weighted by Gasteiger charge is -2.30. The van der Waals surface area contributed by atoms with Crippen LogP contribution in [0, 0.1) is 18.8 Å². The van der Waals surface area contributed by atoms with Crippen LogP contribution in [0.25, 0.3) is 0 Å². The monoisotopic (exact) mass is 389 g/mol. The minimum atomic E-state index is -3.64. The Morgan fingerprint density at radius 3 is 2.56 bits per heavy atom. The Balaban J connectivity index is 1.98. The normalized spacial score (nSPS) is 24.9. The second-order valence-electron chi connectivity index (χ2n) is 7.89. The molecule has 1 aliphatic carbocycles. The second-order valence-corrected chi connectivity index (χ2v) is 9.75. The molecule has 2 fully saturated rings. The van der Waals surface area contributed by atoms with Crippen molar-refractivity contribution in [3.8, 4) is 0 Å². The molecule has 0 spiro atoms. The fraction of sp³-hybridized carbons (Fsp3) is 0.591. The fourth-order valence-corrected chi connectivity index (χ4v) is 5.84. The maximum atomic E-state index is 13.4. The van der Waals surface area contributed by atoms with Gasteiger partial charge in [-0.2, -0.15) is 0 Å². The Hall–Kier alpha value is -1.62. The molecule has 2 unspecified atom stereocenters. The quantitative estimate of drug-likeness (QED) is 0.654. The van der Waals surface area contributed by atoms with Gasteiger partial charge in [0.1, 0.15) is 5.78 Å². The molecule has 2 atom stereocenters. The topological polar surface area (TPSA) is 54.5 Å². The number of carbonyl (C=O) groups excluding carboxylic acids is 1. The summed E-state index contributed by atoms with van der Waals surface area (Å²) in [5.74, 6) is 0.0127. The van der Waals surface area contributed by atoms with Crippen LogP contribution < -0.4 is 0 Å². The van der Waals surface area contributed by atoms with Gasteiger partial charge in [0.2, 0.25) is 0 Å². The second kappa shape index (κ2) is 8.59. The van der Waals surface area contributed by atoms with Gasteiger partial charge >= 0.3 is 0 Å². The van der Waals surface area contributed by atoms with Crippen LogP contribution in [0.1, 0.15) is 63.9 Å². The third kappa shape index (κ3) is 4.29. The van der Waals surface area contributed by atoms with Crippen molar-refractivity contribution >= 4 is 15.8 Å². The molecule has 0 aromatic heterocycles. The minimum absolute atomic E-state index is 0.0148. The highest BCUT2D eigenvalue weighted by Crippen LogP contribution is 2.39. The molecule has 27 heavy (non-hydrogen) atoms. The van der Waals surface area contributed by atoms with E-state index in [1.165, 1.54) is 0 Å². The van der Waals surface area contributed by atoms with E-state index < -0.39 is 10.0 Å². The van der Waals surface area contributed by atoms with Crippen LogP contribution in [-0.4, -0.2) is 25.1 Å². The van der Waals surface area contributed by atoms with Gasteiger partial charge in [0.25, 0.3) is 10.0 Å². The van der Waals surface area contributed by atoms with E-state index in [9.17, 15) is 13.2 Å². The summed E-state index contributed by atoms with van der Waals surface area (Å²) in [7, 11) is -3.64. The first kappa shape index (κ1) is 20.1. The summed E-state index contributed by atoms with van der Waals surface area (Å²) in [5, 5.41) is 0. The summed E-state index contributed by atoms with van der Waals surface area (Å²) < 4.78 is 28.4. The molecule has 1 saturated heterocycles. The highest BCUT2D eigenvalue weighted by molar-refractivity contribution is 7.89. The molecule has 1 saturated carbocycles. The number of Topliss-reactive ketones (excluding diaryl/α,β-unsaturated/α-hetero) is 1. The van der Waals surface area contributed by atoms with Crippen molar-refractivity contribution in [3.05, 3.63) is 41.6 Å². The molecule has 0 N–H and O–H groups in total. The number of carbonyl (C=O) groups is 1. The van der Waals surface area contributed by atoms with Crippen molar-refractivity contribution in [1.82, 2.24) is 4.31 Å². The van der Waals surface area contributed by atoms with Gasteiger partial charge in [-0.25, -0.2) is 8.42 Å². The summed E-state index contributed by atoms with van der Waals surface area (Å²) in [5.41, 5.74) is 1.77. The molecule has 1 aromatic carbocycles. The largest absolute Gasteiger partial charge is 0.299 e. The van der Waals surface area contributed by atoms with Gasteiger partial charge in [-0.05, 0) is 51.2 Å². The summed E-state index contributed by atoms with van der Waals surface area (Å²) in [6.45, 7) is 4.51. The first-order valence-corrected chi connectivity index (χ1v) is 11.7. The number of aryl methyl sites for hydroxylation is 1.